The van der Waals surface area contributed by atoms with Gasteiger partial charge in [-0.15, -0.1) is 0 Å². The molecule has 1 N–H and O–H groups in total. The van der Waals surface area contributed by atoms with Gasteiger partial charge >= 0.3 is 12.1 Å². The van der Waals surface area contributed by atoms with Crippen LogP contribution in [0.5, 0.6) is 0 Å². The molecule has 18 heavy (non-hydrogen) atoms. The molecule has 1 aromatic carbocycles. The lowest BCUT2D eigenvalue weighted by atomic mass is 10.2. The summed E-state index contributed by atoms with van der Waals surface area (Å²) in [5.74, 6) is -0.434. The van der Waals surface area contributed by atoms with Crippen molar-refractivity contribution in [2.24, 2.45) is 0 Å². The Kier molecular flexibility index (Phi) is 5.00. The maximum Gasteiger partial charge on any atom is 0.416 e. The van der Waals surface area contributed by atoms with Crippen LogP contribution in [0.15, 0.2) is 24.3 Å². The quantitative estimate of drug-likeness (QED) is 0.828. The summed E-state index contributed by atoms with van der Waals surface area (Å²) >= 11 is 0. The van der Waals surface area contributed by atoms with E-state index in [-0.39, 0.29) is 6.54 Å². The van der Waals surface area contributed by atoms with Gasteiger partial charge in [0.25, 0.3) is 0 Å². The minimum absolute atomic E-state index is 0.0641. The molecule has 0 aliphatic rings. The van der Waals surface area contributed by atoms with Crippen LogP contribution in [0, 0.1) is 0 Å². The fourth-order valence-corrected chi connectivity index (χ4v) is 1.22. The summed E-state index contributed by atoms with van der Waals surface area (Å²) in [6, 6.07) is 4.46. The molecule has 0 atom stereocenters. The molecule has 1 rings (SSSR count). The van der Waals surface area contributed by atoms with Crippen LogP contribution < -0.4 is 5.32 Å². The minimum Gasteiger partial charge on any atom is -0.464 e. The Hall–Kier alpha value is -1.72. The van der Waals surface area contributed by atoms with Gasteiger partial charge in [0.1, 0.15) is 6.54 Å². The van der Waals surface area contributed by atoms with Gasteiger partial charge in [0.2, 0.25) is 0 Å². The van der Waals surface area contributed by atoms with Crippen molar-refractivity contribution in [2.75, 3.05) is 18.5 Å². The third-order valence-electron chi connectivity index (χ3n) is 2.12. The smallest absolute Gasteiger partial charge is 0.416 e. The first-order valence-electron chi connectivity index (χ1n) is 5.50. The average Bonchev–Trinajstić information content (AvgIpc) is 2.33. The maximum atomic E-state index is 12.3. The van der Waals surface area contributed by atoms with E-state index in [9.17, 15) is 18.0 Å². The Balaban J connectivity index is 2.47. The molecule has 3 nitrogen and oxygen atoms in total. The number of halogens is 3. The van der Waals surface area contributed by atoms with Crippen molar-refractivity contribution in [3.63, 3.8) is 0 Å². The molecule has 0 bridgehead atoms. The van der Waals surface area contributed by atoms with Crippen LogP contribution >= 0.6 is 0 Å². The van der Waals surface area contributed by atoms with Crippen molar-refractivity contribution in [1.82, 2.24) is 0 Å². The number of nitrogens with one attached hydrogen (secondary N) is 1. The van der Waals surface area contributed by atoms with Crippen molar-refractivity contribution in [3.05, 3.63) is 29.8 Å². The average molecular weight is 261 g/mol. The molecule has 100 valence electrons. The summed E-state index contributed by atoms with van der Waals surface area (Å²) < 4.78 is 41.6. The van der Waals surface area contributed by atoms with E-state index in [1.807, 2.05) is 6.92 Å². The standard InChI is InChI=1S/C12H14F3NO2/c1-2-7-18-11(17)8-16-10-5-3-9(4-6-10)12(13,14)15/h3-6,16H,2,7-8H2,1H3. The molecule has 0 amide bonds. The fourth-order valence-electron chi connectivity index (χ4n) is 1.22. The normalized spacial score (nSPS) is 11.1. The summed E-state index contributed by atoms with van der Waals surface area (Å²) in [5, 5.41) is 2.69. The third-order valence-corrected chi connectivity index (χ3v) is 2.12. The highest BCUT2D eigenvalue weighted by atomic mass is 19.4. The second-order valence-corrected chi connectivity index (χ2v) is 3.65. The van der Waals surface area contributed by atoms with Gasteiger partial charge in [0.15, 0.2) is 0 Å². The zero-order valence-electron chi connectivity index (χ0n) is 9.88. The Morgan fingerprint density at radius 1 is 1.28 bits per heavy atom. The van der Waals surface area contributed by atoms with Gasteiger partial charge in [-0.2, -0.15) is 13.2 Å². The SMILES string of the molecule is CCCOC(=O)CNc1ccc(C(F)(F)F)cc1. The molecule has 0 aliphatic carbocycles. The predicted octanol–water partition coefficient (Wildman–Crippen LogP) is 3.07. The summed E-state index contributed by atoms with van der Waals surface area (Å²) in [5.41, 5.74) is -0.280. The highest BCUT2D eigenvalue weighted by molar-refractivity contribution is 5.74. The molecule has 0 unspecified atom stereocenters. The minimum atomic E-state index is -4.35. The van der Waals surface area contributed by atoms with Crippen LogP contribution in [-0.2, 0) is 15.7 Å². The first kappa shape index (κ1) is 14.3. The van der Waals surface area contributed by atoms with E-state index in [2.05, 4.69) is 5.32 Å². The maximum absolute atomic E-state index is 12.3. The van der Waals surface area contributed by atoms with E-state index in [1.165, 1.54) is 12.1 Å². The number of rotatable bonds is 5. The number of carbonyl (C=O) groups is 1. The number of ether oxygens (including phenoxy) is 1. The number of hydrogen-bond acceptors (Lipinski definition) is 3. The van der Waals surface area contributed by atoms with E-state index in [1.54, 1.807) is 0 Å². The largest absolute Gasteiger partial charge is 0.464 e. The number of esters is 1. The lowest BCUT2D eigenvalue weighted by Crippen LogP contribution is -2.17. The van der Waals surface area contributed by atoms with Crippen LogP contribution in [0.4, 0.5) is 18.9 Å². The number of benzene rings is 1. The Morgan fingerprint density at radius 2 is 1.89 bits per heavy atom. The Bertz CT molecular complexity index is 387. The van der Waals surface area contributed by atoms with Gasteiger partial charge in [-0.1, -0.05) is 6.92 Å². The van der Waals surface area contributed by atoms with Crippen LogP contribution in [0.1, 0.15) is 18.9 Å². The summed E-state index contributed by atoms with van der Waals surface area (Å²) in [4.78, 5) is 11.1. The molecule has 0 fully saturated rings. The van der Waals surface area contributed by atoms with Crippen molar-refractivity contribution in [1.29, 1.82) is 0 Å². The number of hydrogen-bond donors (Lipinski definition) is 1. The highest BCUT2D eigenvalue weighted by Gasteiger charge is 2.29. The van der Waals surface area contributed by atoms with Gasteiger partial charge in [-0.3, -0.25) is 4.79 Å². The van der Waals surface area contributed by atoms with E-state index < -0.39 is 17.7 Å². The van der Waals surface area contributed by atoms with Crippen molar-refractivity contribution in [3.8, 4) is 0 Å². The van der Waals surface area contributed by atoms with Gasteiger partial charge in [-0.05, 0) is 30.7 Å². The van der Waals surface area contributed by atoms with Crippen LogP contribution in [-0.4, -0.2) is 19.1 Å². The molecule has 0 spiro atoms. The number of alkyl halides is 3. The van der Waals surface area contributed by atoms with Gasteiger partial charge < -0.3 is 10.1 Å². The van der Waals surface area contributed by atoms with E-state index >= 15 is 0 Å². The zero-order chi connectivity index (χ0) is 13.6. The molecule has 0 saturated heterocycles. The number of anilines is 1. The molecular weight excluding hydrogens is 247 g/mol. The first-order chi connectivity index (χ1) is 8.43. The third kappa shape index (κ3) is 4.65. The van der Waals surface area contributed by atoms with E-state index in [4.69, 9.17) is 4.74 Å². The van der Waals surface area contributed by atoms with E-state index in [0.29, 0.717) is 12.3 Å². The zero-order valence-corrected chi connectivity index (χ0v) is 9.88. The monoisotopic (exact) mass is 261 g/mol. The lowest BCUT2D eigenvalue weighted by Gasteiger charge is -2.09. The fraction of sp³-hybridized carbons (Fsp3) is 0.417. The summed E-state index contributed by atoms with van der Waals surface area (Å²) in [6.07, 6.45) is -3.62. The molecule has 0 radical (unpaired) electrons. The molecule has 6 heteroatoms. The molecule has 0 aliphatic heterocycles. The predicted molar refractivity (Wildman–Crippen MR) is 61.2 cm³/mol. The summed E-state index contributed by atoms with van der Waals surface area (Å²) in [7, 11) is 0. The van der Waals surface area contributed by atoms with Crippen LogP contribution in [0.3, 0.4) is 0 Å². The second-order valence-electron chi connectivity index (χ2n) is 3.65. The topological polar surface area (TPSA) is 38.3 Å². The molecule has 0 heterocycles. The Labute approximate surface area is 103 Å². The molecule has 1 aromatic rings. The molecule has 0 aromatic heterocycles. The first-order valence-corrected chi connectivity index (χ1v) is 5.50. The molecular formula is C12H14F3NO2. The lowest BCUT2D eigenvalue weighted by molar-refractivity contribution is -0.141. The van der Waals surface area contributed by atoms with Gasteiger partial charge in [0.05, 0.1) is 12.2 Å². The summed E-state index contributed by atoms with van der Waals surface area (Å²) in [6.45, 7) is 2.15. The van der Waals surface area contributed by atoms with Gasteiger partial charge in [0, 0.05) is 5.69 Å². The van der Waals surface area contributed by atoms with Crippen molar-refractivity contribution in [2.45, 2.75) is 19.5 Å². The van der Waals surface area contributed by atoms with Gasteiger partial charge in [-0.25, -0.2) is 0 Å². The highest BCUT2D eigenvalue weighted by Crippen LogP contribution is 2.29. The van der Waals surface area contributed by atoms with Crippen molar-refractivity contribution >= 4 is 11.7 Å². The van der Waals surface area contributed by atoms with Crippen LogP contribution in [0.2, 0.25) is 0 Å². The Morgan fingerprint density at radius 3 is 2.39 bits per heavy atom. The van der Waals surface area contributed by atoms with Crippen molar-refractivity contribution < 1.29 is 22.7 Å². The van der Waals surface area contributed by atoms with Crippen LogP contribution in [0.25, 0.3) is 0 Å². The van der Waals surface area contributed by atoms with E-state index in [0.717, 1.165) is 18.6 Å². The number of carbonyl (C=O) groups excluding carboxylic acids is 1. The second kappa shape index (κ2) is 6.28. The molecule has 0 saturated carbocycles.